The lowest BCUT2D eigenvalue weighted by atomic mass is 10.3. The van der Waals surface area contributed by atoms with Crippen molar-refractivity contribution in [2.75, 3.05) is 37.8 Å². The number of sulfonamides is 2. The summed E-state index contributed by atoms with van der Waals surface area (Å²) >= 11 is 0. The zero-order chi connectivity index (χ0) is 15.2. The molecule has 1 heterocycles. The first-order chi connectivity index (χ1) is 9.28. The van der Waals surface area contributed by atoms with Crippen molar-refractivity contribution in [2.24, 2.45) is 0 Å². The van der Waals surface area contributed by atoms with Crippen molar-refractivity contribution >= 4 is 20.0 Å². The smallest absolute Gasteiger partial charge is 0.215 e. The van der Waals surface area contributed by atoms with E-state index in [4.69, 9.17) is 4.74 Å². The summed E-state index contributed by atoms with van der Waals surface area (Å²) in [5, 5.41) is 0. The van der Waals surface area contributed by atoms with Gasteiger partial charge in [0.25, 0.3) is 0 Å². The van der Waals surface area contributed by atoms with Crippen LogP contribution < -0.4 is 4.72 Å². The highest BCUT2D eigenvalue weighted by Gasteiger charge is 2.29. The van der Waals surface area contributed by atoms with E-state index < -0.39 is 20.0 Å². The molecule has 1 unspecified atom stereocenters. The molecule has 0 saturated carbocycles. The van der Waals surface area contributed by atoms with Gasteiger partial charge in [-0.1, -0.05) is 13.3 Å². The van der Waals surface area contributed by atoms with Crippen molar-refractivity contribution < 1.29 is 21.6 Å². The summed E-state index contributed by atoms with van der Waals surface area (Å²) in [5.41, 5.74) is 0. The first-order valence-electron chi connectivity index (χ1n) is 6.83. The maximum atomic E-state index is 12.1. The molecule has 9 heteroatoms. The molecule has 0 aliphatic carbocycles. The molecule has 0 aromatic carbocycles. The van der Waals surface area contributed by atoms with Gasteiger partial charge in [0.2, 0.25) is 20.0 Å². The fourth-order valence-corrected chi connectivity index (χ4v) is 4.89. The van der Waals surface area contributed by atoms with E-state index in [1.54, 1.807) is 6.92 Å². The molecule has 0 spiro atoms. The highest BCUT2D eigenvalue weighted by Crippen LogP contribution is 2.12. The molecule has 1 saturated heterocycles. The van der Waals surface area contributed by atoms with Crippen molar-refractivity contribution in [1.29, 1.82) is 0 Å². The maximum Gasteiger partial charge on any atom is 0.215 e. The number of rotatable bonds is 8. The molecule has 120 valence electrons. The van der Waals surface area contributed by atoms with Crippen LogP contribution in [-0.4, -0.2) is 65.0 Å². The van der Waals surface area contributed by atoms with Gasteiger partial charge in [0.15, 0.2) is 0 Å². The summed E-state index contributed by atoms with van der Waals surface area (Å²) in [4.78, 5) is 0. The predicted octanol–water partition coefficient (Wildman–Crippen LogP) is -0.244. The van der Waals surface area contributed by atoms with E-state index in [2.05, 4.69) is 4.72 Å². The first-order valence-corrected chi connectivity index (χ1v) is 10.1. The predicted molar refractivity (Wildman–Crippen MR) is 77.5 cm³/mol. The lowest BCUT2D eigenvalue weighted by molar-refractivity contribution is 0.0393. The van der Waals surface area contributed by atoms with Crippen molar-refractivity contribution in [3.8, 4) is 0 Å². The van der Waals surface area contributed by atoms with Gasteiger partial charge in [-0.15, -0.1) is 0 Å². The van der Waals surface area contributed by atoms with Crippen LogP contribution in [-0.2, 0) is 24.8 Å². The SMILES string of the molecule is CCCCS(=O)(=O)NCCS(=O)(=O)N1CCOCC1C. The van der Waals surface area contributed by atoms with E-state index in [1.807, 2.05) is 6.92 Å². The Morgan fingerprint density at radius 1 is 1.25 bits per heavy atom. The number of morpholine rings is 1. The molecule has 20 heavy (non-hydrogen) atoms. The lowest BCUT2D eigenvalue weighted by Gasteiger charge is -2.32. The van der Waals surface area contributed by atoms with Gasteiger partial charge < -0.3 is 4.74 Å². The summed E-state index contributed by atoms with van der Waals surface area (Å²) in [6.07, 6.45) is 1.35. The van der Waals surface area contributed by atoms with Crippen molar-refractivity contribution in [3.05, 3.63) is 0 Å². The monoisotopic (exact) mass is 328 g/mol. The van der Waals surface area contributed by atoms with Gasteiger partial charge in [0.1, 0.15) is 0 Å². The van der Waals surface area contributed by atoms with Gasteiger partial charge in [-0.25, -0.2) is 21.6 Å². The fourth-order valence-electron chi connectivity index (χ4n) is 1.98. The summed E-state index contributed by atoms with van der Waals surface area (Å²) in [5.74, 6) is -0.180. The lowest BCUT2D eigenvalue weighted by Crippen LogP contribution is -2.49. The normalized spacial score (nSPS) is 22.0. The second-order valence-electron chi connectivity index (χ2n) is 4.92. The number of unbranched alkanes of at least 4 members (excludes halogenated alkanes) is 1. The van der Waals surface area contributed by atoms with Gasteiger partial charge in [0.05, 0.1) is 24.7 Å². The van der Waals surface area contributed by atoms with Gasteiger partial charge in [-0.2, -0.15) is 4.31 Å². The van der Waals surface area contributed by atoms with Crippen LogP contribution in [0.4, 0.5) is 0 Å². The molecule has 1 aliphatic rings. The zero-order valence-electron chi connectivity index (χ0n) is 12.0. The molecule has 0 aromatic rings. The van der Waals surface area contributed by atoms with E-state index in [9.17, 15) is 16.8 Å². The van der Waals surface area contributed by atoms with Crippen LogP contribution in [0, 0.1) is 0 Å². The number of hydrogen-bond acceptors (Lipinski definition) is 5. The minimum Gasteiger partial charge on any atom is -0.378 e. The topological polar surface area (TPSA) is 92.8 Å². The van der Waals surface area contributed by atoms with Crippen LogP contribution >= 0.6 is 0 Å². The van der Waals surface area contributed by atoms with Gasteiger partial charge >= 0.3 is 0 Å². The molecule has 7 nitrogen and oxygen atoms in total. The maximum absolute atomic E-state index is 12.1. The van der Waals surface area contributed by atoms with E-state index in [0.717, 1.165) is 6.42 Å². The number of ether oxygens (including phenoxy) is 1. The van der Waals surface area contributed by atoms with Crippen LogP contribution in [0.15, 0.2) is 0 Å². The van der Waals surface area contributed by atoms with Gasteiger partial charge in [0, 0.05) is 19.1 Å². The van der Waals surface area contributed by atoms with Gasteiger partial charge in [-0.05, 0) is 13.3 Å². The molecular weight excluding hydrogens is 304 g/mol. The van der Waals surface area contributed by atoms with Crippen molar-refractivity contribution in [2.45, 2.75) is 32.7 Å². The average Bonchev–Trinajstić information content (AvgIpc) is 2.36. The Hall–Kier alpha value is -0.220. The summed E-state index contributed by atoms with van der Waals surface area (Å²) in [6, 6.07) is -0.203. The van der Waals surface area contributed by atoms with Crippen LogP contribution in [0.2, 0.25) is 0 Å². The number of hydrogen-bond donors (Lipinski definition) is 1. The molecule has 1 rings (SSSR count). The number of nitrogens with one attached hydrogen (secondary N) is 1. The van der Waals surface area contributed by atoms with Crippen LogP contribution in [0.25, 0.3) is 0 Å². The largest absolute Gasteiger partial charge is 0.378 e. The standard InChI is InChI=1S/C11H24N2O5S2/c1-3-4-8-19(14,15)12-5-9-20(16,17)13-6-7-18-10-11(13)2/h11-12H,3-10H2,1-2H3. The fraction of sp³-hybridized carbons (Fsp3) is 1.00. The Morgan fingerprint density at radius 2 is 1.95 bits per heavy atom. The van der Waals surface area contributed by atoms with E-state index in [1.165, 1.54) is 4.31 Å². The molecule has 1 aliphatic heterocycles. The van der Waals surface area contributed by atoms with E-state index in [0.29, 0.717) is 26.2 Å². The van der Waals surface area contributed by atoms with Crippen molar-refractivity contribution in [1.82, 2.24) is 9.03 Å². The second kappa shape index (κ2) is 7.69. The molecule has 0 radical (unpaired) electrons. The molecule has 0 amide bonds. The first kappa shape index (κ1) is 17.8. The zero-order valence-corrected chi connectivity index (χ0v) is 13.7. The van der Waals surface area contributed by atoms with Crippen LogP contribution in [0.3, 0.4) is 0 Å². The van der Waals surface area contributed by atoms with Gasteiger partial charge in [-0.3, -0.25) is 0 Å². The summed E-state index contributed by atoms with van der Waals surface area (Å²) in [6.45, 7) is 4.68. The highest BCUT2D eigenvalue weighted by molar-refractivity contribution is 7.90. The Labute approximate surface area is 121 Å². The molecule has 1 atom stereocenters. The average molecular weight is 328 g/mol. The third-order valence-electron chi connectivity index (χ3n) is 3.11. The Morgan fingerprint density at radius 3 is 2.55 bits per heavy atom. The second-order valence-corrected chi connectivity index (χ2v) is 8.88. The molecule has 0 bridgehead atoms. The summed E-state index contributed by atoms with van der Waals surface area (Å²) in [7, 11) is -6.82. The Kier molecular flexibility index (Phi) is 6.86. The quantitative estimate of drug-likeness (QED) is 0.663. The Balaban J connectivity index is 2.47. The molecule has 1 fully saturated rings. The molecule has 0 aromatic heterocycles. The van der Waals surface area contributed by atoms with Crippen LogP contribution in [0.1, 0.15) is 26.7 Å². The molecule has 1 N–H and O–H groups in total. The third-order valence-corrected chi connectivity index (χ3v) is 6.56. The van der Waals surface area contributed by atoms with Crippen LogP contribution in [0.5, 0.6) is 0 Å². The Bertz CT molecular complexity index is 489. The highest BCUT2D eigenvalue weighted by atomic mass is 32.2. The minimum atomic E-state index is -3.45. The van der Waals surface area contributed by atoms with Crippen molar-refractivity contribution in [3.63, 3.8) is 0 Å². The minimum absolute atomic E-state index is 0.0392. The number of nitrogens with zero attached hydrogens (tertiary/aromatic N) is 1. The molecular formula is C11H24N2O5S2. The third kappa shape index (κ3) is 5.65. The van der Waals surface area contributed by atoms with E-state index in [-0.39, 0.29) is 24.1 Å². The van der Waals surface area contributed by atoms with E-state index >= 15 is 0 Å². The summed E-state index contributed by atoms with van der Waals surface area (Å²) < 4.78 is 56.3.